The highest BCUT2D eigenvalue weighted by Crippen LogP contribution is 2.38. The number of nitrogens with two attached hydrogens (primary N) is 1. The molecule has 0 saturated carbocycles. The number of nitrogens with one attached hydrogen (secondary N) is 1. The second-order valence-corrected chi connectivity index (χ2v) is 6.13. The predicted octanol–water partition coefficient (Wildman–Crippen LogP) is 4.99. The Morgan fingerprint density at radius 2 is 1.60 bits per heavy atom. The van der Waals surface area contributed by atoms with Crippen molar-refractivity contribution >= 4 is 17.5 Å². The number of benzene rings is 3. The lowest BCUT2D eigenvalue weighted by atomic mass is 10.0. The number of carbonyl (C=O) groups is 2. The van der Waals surface area contributed by atoms with Crippen LogP contribution in [0.4, 0.5) is 23.2 Å². The van der Waals surface area contributed by atoms with Crippen LogP contribution in [0, 0.1) is 5.82 Å². The Morgan fingerprint density at radius 1 is 0.933 bits per heavy atom. The molecular formula is C21H14F4N2O3. The van der Waals surface area contributed by atoms with Crippen LogP contribution >= 0.6 is 0 Å². The van der Waals surface area contributed by atoms with Crippen molar-refractivity contribution < 1.29 is 31.9 Å². The highest BCUT2D eigenvalue weighted by atomic mass is 19.4. The van der Waals surface area contributed by atoms with Gasteiger partial charge in [-0.25, -0.2) is 4.39 Å². The van der Waals surface area contributed by atoms with Crippen molar-refractivity contribution in [1.82, 2.24) is 0 Å². The molecule has 0 aliphatic heterocycles. The molecule has 5 nitrogen and oxygen atoms in total. The van der Waals surface area contributed by atoms with Crippen LogP contribution in [0.2, 0.25) is 0 Å². The van der Waals surface area contributed by atoms with Crippen LogP contribution in [-0.2, 0) is 6.18 Å². The molecule has 0 aromatic heterocycles. The molecule has 2 amide bonds. The van der Waals surface area contributed by atoms with E-state index >= 15 is 0 Å². The molecule has 0 heterocycles. The van der Waals surface area contributed by atoms with E-state index in [0.29, 0.717) is 0 Å². The van der Waals surface area contributed by atoms with Gasteiger partial charge in [0.25, 0.3) is 5.91 Å². The van der Waals surface area contributed by atoms with E-state index in [2.05, 4.69) is 5.32 Å². The first-order chi connectivity index (χ1) is 14.1. The normalized spacial score (nSPS) is 11.1. The minimum absolute atomic E-state index is 0.0421. The molecule has 0 atom stereocenters. The van der Waals surface area contributed by atoms with Crippen LogP contribution in [0.25, 0.3) is 0 Å². The lowest BCUT2D eigenvalue weighted by Crippen LogP contribution is -2.20. The average Bonchev–Trinajstić information content (AvgIpc) is 2.69. The van der Waals surface area contributed by atoms with E-state index in [-0.39, 0.29) is 22.7 Å². The number of hydrogen-bond donors (Lipinski definition) is 2. The second kappa shape index (κ2) is 8.24. The smallest absolute Gasteiger partial charge is 0.417 e. The monoisotopic (exact) mass is 418 g/mol. The van der Waals surface area contributed by atoms with Gasteiger partial charge < -0.3 is 15.8 Å². The van der Waals surface area contributed by atoms with Crippen molar-refractivity contribution in [3.8, 4) is 11.5 Å². The van der Waals surface area contributed by atoms with E-state index in [0.717, 1.165) is 24.3 Å². The third-order valence-corrected chi connectivity index (χ3v) is 4.01. The SMILES string of the molecule is NC(=O)c1cccc(NC(=O)c2c(Oc3ccc(F)cc3)cccc2C(F)(F)F)c1. The van der Waals surface area contributed by atoms with Gasteiger partial charge in [0.05, 0.1) is 11.1 Å². The van der Waals surface area contributed by atoms with Gasteiger partial charge in [-0.3, -0.25) is 9.59 Å². The topological polar surface area (TPSA) is 81.4 Å². The third kappa shape index (κ3) is 4.75. The van der Waals surface area contributed by atoms with Crippen LogP contribution in [0.3, 0.4) is 0 Å². The number of halogens is 4. The predicted molar refractivity (Wildman–Crippen MR) is 101 cm³/mol. The number of rotatable bonds is 5. The number of ether oxygens (including phenoxy) is 1. The van der Waals surface area contributed by atoms with Crippen molar-refractivity contribution in [2.75, 3.05) is 5.32 Å². The third-order valence-electron chi connectivity index (χ3n) is 4.01. The Balaban J connectivity index is 2.02. The molecule has 9 heteroatoms. The quantitative estimate of drug-likeness (QED) is 0.573. The largest absolute Gasteiger partial charge is 0.457 e. The zero-order chi connectivity index (χ0) is 21.9. The van der Waals surface area contributed by atoms with Gasteiger partial charge in [0.2, 0.25) is 5.91 Å². The van der Waals surface area contributed by atoms with Crippen LogP contribution < -0.4 is 15.8 Å². The summed E-state index contributed by atoms with van der Waals surface area (Å²) in [4.78, 5) is 24.1. The molecule has 0 radical (unpaired) electrons. The van der Waals surface area contributed by atoms with Crippen LogP contribution in [0.15, 0.2) is 66.7 Å². The number of hydrogen-bond acceptors (Lipinski definition) is 3. The van der Waals surface area contributed by atoms with Gasteiger partial charge in [0.15, 0.2) is 0 Å². The summed E-state index contributed by atoms with van der Waals surface area (Å²) in [5.74, 6) is -2.76. The van der Waals surface area contributed by atoms with E-state index < -0.39 is 34.9 Å². The molecule has 0 unspecified atom stereocenters. The van der Waals surface area contributed by atoms with Crippen molar-refractivity contribution in [2.45, 2.75) is 6.18 Å². The highest BCUT2D eigenvalue weighted by molar-refractivity contribution is 6.08. The molecule has 0 saturated heterocycles. The van der Waals surface area contributed by atoms with Gasteiger partial charge in [-0.2, -0.15) is 13.2 Å². The minimum Gasteiger partial charge on any atom is -0.457 e. The zero-order valence-electron chi connectivity index (χ0n) is 15.2. The van der Waals surface area contributed by atoms with Gasteiger partial charge in [-0.1, -0.05) is 12.1 Å². The maximum Gasteiger partial charge on any atom is 0.417 e. The standard InChI is InChI=1S/C21H14F4N2O3/c22-13-7-9-15(10-8-13)30-17-6-2-5-16(21(23,24)25)18(17)20(29)27-14-4-1-3-12(11-14)19(26)28/h1-11H,(H2,26,28)(H,27,29). The Kier molecular flexibility index (Phi) is 5.72. The first kappa shape index (κ1) is 20.8. The molecule has 0 aliphatic rings. The van der Waals surface area contributed by atoms with Crippen LogP contribution in [0.1, 0.15) is 26.3 Å². The highest BCUT2D eigenvalue weighted by Gasteiger charge is 2.37. The first-order valence-corrected chi connectivity index (χ1v) is 8.50. The molecule has 3 N–H and O–H groups in total. The Labute approximate surface area is 168 Å². The minimum atomic E-state index is -4.84. The summed E-state index contributed by atoms with van der Waals surface area (Å²) < 4.78 is 59.1. The zero-order valence-corrected chi connectivity index (χ0v) is 15.2. The number of anilines is 1. The fourth-order valence-electron chi connectivity index (χ4n) is 2.66. The number of amides is 2. The Morgan fingerprint density at radius 3 is 2.23 bits per heavy atom. The lowest BCUT2D eigenvalue weighted by molar-refractivity contribution is -0.138. The van der Waals surface area contributed by atoms with E-state index in [4.69, 9.17) is 10.5 Å². The lowest BCUT2D eigenvalue weighted by Gasteiger charge is -2.17. The molecule has 0 fully saturated rings. The van der Waals surface area contributed by atoms with Crippen molar-refractivity contribution in [3.05, 3.63) is 89.2 Å². The van der Waals surface area contributed by atoms with E-state index in [1.165, 1.54) is 42.5 Å². The van der Waals surface area contributed by atoms with E-state index in [1.807, 2.05) is 0 Å². The fraction of sp³-hybridized carbons (Fsp3) is 0.0476. The summed E-state index contributed by atoms with van der Waals surface area (Å²) in [5, 5.41) is 2.31. The molecule has 0 spiro atoms. The number of primary amides is 1. The molecular weight excluding hydrogens is 404 g/mol. The summed E-state index contributed by atoms with van der Waals surface area (Å²) in [6, 6.07) is 13.0. The summed E-state index contributed by atoms with van der Waals surface area (Å²) in [6.07, 6.45) is -4.84. The molecule has 3 rings (SSSR count). The summed E-state index contributed by atoms with van der Waals surface area (Å²) in [5.41, 5.74) is 3.34. The molecule has 3 aromatic carbocycles. The number of alkyl halides is 3. The van der Waals surface area contributed by atoms with E-state index in [1.54, 1.807) is 0 Å². The molecule has 3 aromatic rings. The van der Waals surface area contributed by atoms with Gasteiger partial charge in [0.1, 0.15) is 17.3 Å². The molecule has 30 heavy (non-hydrogen) atoms. The first-order valence-electron chi connectivity index (χ1n) is 8.50. The van der Waals surface area contributed by atoms with Gasteiger partial charge in [-0.05, 0) is 54.6 Å². The van der Waals surface area contributed by atoms with Crippen molar-refractivity contribution in [2.24, 2.45) is 5.73 Å². The number of carbonyl (C=O) groups excluding carboxylic acids is 2. The average molecular weight is 418 g/mol. The maximum atomic E-state index is 13.5. The van der Waals surface area contributed by atoms with Crippen LogP contribution in [0.5, 0.6) is 11.5 Å². The fourth-order valence-corrected chi connectivity index (χ4v) is 2.66. The molecule has 0 bridgehead atoms. The van der Waals surface area contributed by atoms with Gasteiger partial charge in [-0.15, -0.1) is 0 Å². The molecule has 0 aliphatic carbocycles. The van der Waals surface area contributed by atoms with Crippen LogP contribution in [-0.4, -0.2) is 11.8 Å². The van der Waals surface area contributed by atoms with E-state index in [9.17, 15) is 27.2 Å². The molecule has 154 valence electrons. The van der Waals surface area contributed by atoms with Crippen molar-refractivity contribution in [1.29, 1.82) is 0 Å². The summed E-state index contributed by atoms with van der Waals surface area (Å²) in [6.45, 7) is 0. The Hall–Kier alpha value is -3.88. The second-order valence-electron chi connectivity index (χ2n) is 6.13. The van der Waals surface area contributed by atoms with Crippen molar-refractivity contribution in [3.63, 3.8) is 0 Å². The summed E-state index contributed by atoms with van der Waals surface area (Å²) >= 11 is 0. The van der Waals surface area contributed by atoms with Gasteiger partial charge in [0, 0.05) is 11.3 Å². The summed E-state index contributed by atoms with van der Waals surface area (Å²) in [7, 11) is 0. The Bertz CT molecular complexity index is 1100. The maximum absolute atomic E-state index is 13.5. The van der Waals surface area contributed by atoms with Gasteiger partial charge >= 0.3 is 6.18 Å².